The van der Waals surface area contributed by atoms with E-state index >= 15 is 0 Å². The summed E-state index contributed by atoms with van der Waals surface area (Å²) in [6.45, 7) is 0. The van der Waals surface area contributed by atoms with Gasteiger partial charge in [0.2, 0.25) is 0 Å². The van der Waals surface area contributed by atoms with Crippen LogP contribution in [0.25, 0.3) is 10.9 Å². The Hall–Kier alpha value is -2.80. The molecule has 0 aliphatic carbocycles. The molecule has 0 radical (unpaired) electrons. The number of nitrogens with zero attached hydrogens (tertiary/aromatic N) is 2. The Bertz CT molecular complexity index is 1030. The van der Waals surface area contributed by atoms with Crippen molar-refractivity contribution in [3.05, 3.63) is 58.4 Å². The third kappa shape index (κ3) is 3.43. The zero-order valence-corrected chi connectivity index (χ0v) is 15.5. The molecule has 26 heavy (non-hydrogen) atoms. The number of methoxy groups -OCH3 is 2. The molecule has 0 saturated carbocycles. The van der Waals surface area contributed by atoms with E-state index in [0.717, 1.165) is 0 Å². The van der Waals surface area contributed by atoms with Crippen LogP contribution in [-0.4, -0.2) is 35.3 Å². The van der Waals surface area contributed by atoms with E-state index in [1.807, 2.05) is 6.07 Å². The van der Waals surface area contributed by atoms with Gasteiger partial charge in [0.1, 0.15) is 11.5 Å². The lowest BCUT2D eigenvalue weighted by molar-refractivity contribution is 0.101. The van der Waals surface area contributed by atoms with E-state index in [4.69, 9.17) is 9.47 Å². The van der Waals surface area contributed by atoms with Crippen LogP contribution < -0.4 is 15.0 Å². The quantitative estimate of drug-likeness (QED) is 0.377. The first-order valence-corrected chi connectivity index (χ1v) is 8.87. The number of hydrogen-bond donors (Lipinski definition) is 0. The fraction of sp³-hybridized carbons (Fsp3) is 0.211. The lowest BCUT2D eigenvalue weighted by Gasteiger charge is -2.11. The zero-order chi connectivity index (χ0) is 18.7. The summed E-state index contributed by atoms with van der Waals surface area (Å²) < 4.78 is 11.9. The third-order valence-corrected chi connectivity index (χ3v) is 5.01. The molecule has 0 atom stereocenters. The number of para-hydroxylation sites is 1. The van der Waals surface area contributed by atoms with Crippen molar-refractivity contribution in [3.8, 4) is 11.5 Å². The summed E-state index contributed by atoms with van der Waals surface area (Å²) in [5.41, 5.74) is 0.951. The first-order chi connectivity index (χ1) is 12.5. The number of rotatable bonds is 6. The second kappa shape index (κ2) is 7.61. The number of Topliss-reactive ketones (excluding diaryl/α,β-unsaturated/α-hetero) is 1. The highest BCUT2D eigenvalue weighted by Crippen LogP contribution is 2.27. The molecule has 2 aromatic carbocycles. The monoisotopic (exact) mass is 370 g/mol. The molecule has 1 heterocycles. The molecule has 0 aliphatic rings. The predicted molar refractivity (Wildman–Crippen MR) is 102 cm³/mol. The van der Waals surface area contributed by atoms with Crippen molar-refractivity contribution < 1.29 is 14.3 Å². The Morgan fingerprint density at radius 3 is 2.65 bits per heavy atom. The molecule has 0 fully saturated rings. The third-order valence-electron chi connectivity index (χ3n) is 3.98. The van der Waals surface area contributed by atoms with Crippen LogP contribution in [0.5, 0.6) is 11.5 Å². The van der Waals surface area contributed by atoms with Crippen LogP contribution >= 0.6 is 11.8 Å². The lowest BCUT2D eigenvalue weighted by Crippen LogP contribution is -2.20. The van der Waals surface area contributed by atoms with Gasteiger partial charge in [-0.2, -0.15) is 0 Å². The fourth-order valence-electron chi connectivity index (χ4n) is 2.56. The normalized spacial score (nSPS) is 10.7. The standard InChI is InChI=1S/C19H18N2O4S/c1-21-18(23)13-6-4-5-7-15(13)20-19(21)26-11-16(22)14-9-8-12(24-2)10-17(14)25-3/h4-10H,11H2,1-3H3. The van der Waals surface area contributed by atoms with E-state index in [2.05, 4.69) is 4.98 Å². The van der Waals surface area contributed by atoms with Gasteiger partial charge in [0.15, 0.2) is 10.9 Å². The number of aromatic nitrogens is 2. The van der Waals surface area contributed by atoms with Crippen molar-refractivity contribution in [3.63, 3.8) is 0 Å². The maximum atomic E-state index is 12.6. The highest BCUT2D eigenvalue weighted by atomic mass is 32.2. The van der Waals surface area contributed by atoms with Crippen molar-refractivity contribution >= 4 is 28.4 Å². The molecule has 134 valence electrons. The van der Waals surface area contributed by atoms with Crippen molar-refractivity contribution in [1.29, 1.82) is 0 Å². The lowest BCUT2D eigenvalue weighted by atomic mass is 10.1. The van der Waals surface area contributed by atoms with E-state index < -0.39 is 0 Å². The average Bonchev–Trinajstić information content (AvgIpc) is 2.68. The summed E-state index contributed by atoms with van der Waals surface area (Å²) >= 11 is 1.22. The van der Waals surface area contributed by atoms with Crippen molar-refractivity contribution in [2.24, 2.45) is 7.05 Å². The molecule has 0 saturated heterocycles. The van der Waals surface area contributed by atoms with Gasteiger partial charge < -0.3 is 9.47 Å². The largest absolute Gasteiger partial charge is 0.497 e. The highest BCUT2D eigenvalue weighted by Gasteiger charge is 2.16. The maximum Gasteiger partial charge on any atom is 0.261 e. The summed E-state index contributed by atoms with van der Waals surface area (Å²) in [6, 6.07) is 12.2. The van der Waals surface area contributed by atoms with E-state index in [1.165, 1.54) is 23.4 Å². The molecule has 0 aliphatic heterocycles. The number of hydrogen-bond acceptors (Lipinski definition) is 6. The first-order valence-electron chi connectivity index (χ1n) is 7.89. The topological polar surface area (TPSA) is 70.4 Å². The Labute approximate surface area is 154 Å². The van der Waals surface area contributed by atoms with Crippen LogP contribution in [0, 0.1) is 0 Å². The van der Waals surface area contributed by atoms with E-state index in [0.29, 0.717) is 33.1 Å². The number of carbonyl (C=O) groups is 1. The molecule has 0 spiro atoms. The number of carbonyl (C=O) groups excluding carboxylic acids is 1. The van der Waals surface area contributed by atoms with Crippen LogP contribution in [0.15, 0.2) is 52.4 Å². The van der Waals surface area contributed by atoms with Gasteiger partial charge in [0.05, 0.1) is 36.4 Å². The van der Waals surface area contributed by atoms with Crippen LogP contribution in [0.2, 0.25) is 0 Å². The van der Waals surface area contributed by atoms with Crippen LogP contribution in [-0.2, 0) is 7.05 Å². The maximum absolute atomic E-state index is 12.6. The number of benzene rings is 2. The molecule has 0 amide bonds. The molecule has 3 aromatic rings. The number of thioether (sulfide) groups is 1. The Balaban J connectivity index is 1.85. The SMILES string of the molecule is COc1ccc(C(=O)CSc2nc3ccccc3c(=O)n2C)c(OC)c1. The second-order valence-electron chi connectivity index (χ2n) is 5.55. The summed E-state index contributed by atoms with van der Waals surface area (Å²) in [4.78, 5) is 29.5. The molecule has 3 rings (SSSR count). The molecule has 6 nitrogen and oxygen atoms in total. The van der Waals surface area contributed by atoms with Crippen LogP contribution in [0.4, 0.5) is 0 Å². The minimum absolute atomic E-state index is 0.114. The number of fused-ring (bicyclic) bond motifs is 1. The van der Waals surface area contributed by atoms with Crippen LogP contribution in [0.1, 0.15) is 10.4 Å². The van der Waals surface area contributed by atoms with Gasteiger partial charge in [0, 0.05) is 13.1 Å². The summed E-state index contributed by atoms with van der Waals surface area (Å²) in [6.07, 6.45) is 0. The van der Waals surface area contributed by atoms with Crippen LogP contribution in [0.3, 0.4) is 0 Å². The Morgan fingerprint density at radius 2 is 1.92 bits per heavy atom. The zero-order valence-electron chi connectivity index (χ0n) is 14.7. The van der Waals surface area contributed by atoms with Gasteiger partial charge in [0.25, 0.3) is 5.56 Å². The van der Waals surface area contributed by atoms with Crippen molar-refractivity contribution in [2.75, 3.05) is 20.0 Å². The second-order valence-corrected chi connectivity index (χ2v) is 6.50. The molecular formula is C19H18N2O4S. The fourth-order valence-corrected chi connectivity index (χ4v) is 3.42. The molecular weight excluding hydrogens is 352 g/mol. The average molecular weight is 370 g/mol. The highest BCUT2D eigenvalue weighted by molar-refractivity contribution is 7.99. The molecule has 0 bridgehead atoms. The van der Waals surface area contributed by atoms with Gasteiger partial charge in [-0.15, -0.1) is 0 Å². The van der Waals surface area contributed by atoms with Crippen molar-refractivity contribution in [1.82, 2.24) is 9.55 Å². The van der Waals surface area contributed by atoms with E-state index in [1.54, 1.807) is 50.6 Å². The number of ketones is 1. The molecule has 0 unspecified atom stereocenters. The summed E-state index contributed by atoms with van der Waals surface area (Å²) in [7, 11) is 4.72. The van der Waals surface area contributed by atoms with E-state index in [9.17, 15) is 9.59 Å². The van der Waals surface area contributed by atoms with Gasteiger partial charge in [-0.25, -0.2) is 4.98 Å². The summed E-state index contributed by atoms with van der Waals surface area (Å²) in [5, 5.41) is 1.05. The smallest absolute Gasteiger partial charge is 0.261 e. The molecule has 1 aromatic heterocycles. The van der Waals surface area contributed by atoms with Crippen molar-refractivity contribution in [2.45, 2.75) is 5.16 Å². The minimum Gasteiger partial charge on any atom is -0.497 e. The van der Waals surface area contributed by atoms with E-state index in [-0.39, 0.29) is 17.1 Å². The first kappa shape index (κ1) is 18.0. The summed E-state index contributed by atoms with van der Waals surface area (Å²) in [5.74, 6) is 1.10. The Morgan fingerprint density at radius 1 is 1.15 bits per heavy atom. The van der Waals surface area contributed by atoms with Gasteiger partial charge in [-0.3, -0.25) is 14.2 Å². The Kier molecular flexibility index (Phi) is 5.27. The minimum atomic E-state index is -0.132. The molecule has 7 heteroatoms. The molecule has 0 N–H and O–H groups in total. The van der Waals surface area contributed by atoms with Gasteiger partial charge in [-0.1, -0.05) is 23.9 Å². The number of ether oxygens (including phenoxy) is 2. The van der Waals surface area contributed by atoms with Gasteiger partial charge in [-0.05, 0) is 24.3 Å². The predicted octanol–water partition coefficient (Wildman–Crippen LogP) is 2.93. The van der Waals surface area contributed by atoms with Gasteiger partial charge >= 0.3 is 0 Å².